The number of hydrogen-bond donors (Lipinski definition) is 1. The van der Waals surface area contributed by atoms with E-state index in [4.69, 9.17) is 19.3 Å². The third-order valence-electron chi connectivity index (χ3n) is 4.42. The fourth-order valence-corrected chi connectivity index (χ4v) is 3.22. The zero-order valence-corrected chi connectivity index (χ0v) is 15.9. The number of carboxylic acid groups (broad SMARTS) is 1. The molecule has 6 heteroatoms. The van der Waals surface area contributed by atoms with Crippen molar-refractivity contribution in [1.82, 2.24) is 4.90 Å². The maximum Gasteiger partial charge on any atom is 0.335 e. The second-order valence-electron chi connectivity index (χ2n) is 7.23. The lowest BCUT2D eigenvalue weighted by Gasteiger charge is -2.29. The summed E-state index contributed by atoms with van der Waals surface area (Å²) in [5.41, 5.74) is 0.981. The molecule has 2 aromatic rings. The van der Waals surface area contributed by atoms with Crippen molar-refractivity contribution in [1.29, 1.82) is 0 Å². The second-order valence-corrected chi connectivity index (χ2v) is 7.23. The highest BCUT2D eigenvalue weighted by atomic mass is 16.5. The summed E-state index contributed by atoms with van der Waals surface area (Å²) in [6, 6.07) is 12.4. The topological polar surface area (TPSA) is 68.2 Å². The van der Waals surface area contributed by atoms with Gasteiger partial charge in [0.2, 0.25) is 0 Å². The van der Waals surface area contributed by atoms with Crippen LogP contribution in [-0.4, -0.2) is 48.4 Å². The predicted molar refractivity (Wildman–Crippen MR) is 102 cm³/mol. The van der Waals surface area contributed by atoms with Gasteiger partial charge >= 0.3 is 5.97 Å². The normalized spacial score (nSPS) is 16.0. The lowest BCUT2D eigenvalue weighted by Crippen LogP contribution is -2.41. The van der Waals surface area contributed by atoms with E-state index in [0.717, 1.165) is 30.2 Å². The molecule has 6 nitrogen and oxygen atoms in total. The molecule has 0 aromatic heterocycles. The highest BCUT2D eigenvalue weighted by Crippen LogP contribution is 2.32. The quantitative estimate of drug-likeness (QED) is 0.839. The monoisotopic (exact) mass is 371 g/mol. The summed E-state index contributed by atoms with van der Waals surface area (Å²) in [6.45, 7) is 6.79. The van der Waals surface area contributed by atoms with Gasteiger partial charge in [-0.05, 0) is 38.1 Å². The molecule has 0 saturated heterocycles. The summed E-state index contributed by atoms with van der Waals surface area (Å²) >= 11 is 0. The molecular formula is C21H25NO5. The van der Waals surface area contributed by atoms with Gasteiger partial charge in [-0.3, -0.25) is 4.90 Å². The van der Waals surface area contributed by atoms with E-state index in [0.29, 0.717) is 18.9 Å². The number of fused-ring (bicyclic) bond motifs is 1. The number of ether oxygens (including phenoxy) is 3. The number of carboxylic acids is 1. The first-order chi connectivity index (χ1) is 12.9. The van der Waals surface area contributed by atoms with E-state index < -0.39 is 5.97 Å². The molecular weight excluding hydrogens is 346 g/mol. The van der Waals surface area contributed by atoms with Crippen LogP contribution in [0.5, 0.6) is 17.2 Å². The van der Waals surface area contributed by atoms with Crippen molar-refractivity contribution < 1.29 is 24.1 Å². The van der Waals surface area contributed by atoms with E-state index >= 15 is 0 Å². The number of hydrogen-bond acceptors (Lipinski definition) is 5. The highest BCUT2D eigenvalue weighted by molar-refractivity contribution is 5.87. The summed E-state index contributed by atoms with van der Waals surface area (Å²) in [6.07, 6.45) is 0. The number of rotatable bonds is 6. The van der Waals surface area contributed by atoms with E-state index in [9.17, 15) is 4.79 Å². The van der Waals surface area contributed by atoms with E-state index in [1.807, 2.05) is 18.2 Å². The van der Waals surface area contributed by atoms with Gasteiger partial charge in [0, 0.05) is 31.3 Å². The second kappa shape index (κ2) is 7.88. The van der Waals surface area contributed by atoms with Crippen molar-refractivity contribution in [3.63, 3.8) is 0 Å². The van der Waals surface area contributed by atoms with Crippen LogP contribution in [0, 0.1) is 0 Å². The average molecular weight is 371 g/mol. The molecule has 0 atom stereocenters. The molecule has 0 amide bonds. The molecule has 1 aliphatic rings. The van der Waals surface area contributed by atoms with Gasteiger partial charge in [-0.15, -0.1) is 0 Å². The fraction of sp³-hybridized carbons (Fsp3) is 0.381. The zero-order valence-electron chi connectivity index (χ0n) is 15.9. The molecule has 1 aliphatic heterocycles. The van der Waals surface area contributed by atoms with Crippen LogP contribution in [0.1, 0.15) is 29.8 Å². The predicted octanol–water partition coefficient (Wildman–Crippen LogP) is 3.45. The number of benzene rings is 2. The van der Waals surface area contributed by atoms with Crippen LogP contribution in [0.4, 0.5) is 0 Å². The van der Waals surface area contributed by atoms with Crippen molar-refractivity contribution in [3.05, 3.63) is 53.6 Å². The molecule has 2 aromatic carbocycles. The molecule has 0 fully saturated rings. The Balaban J connectivity index is 1.66. The van der Waals surface area contributed by atoms with Crippen molar-refractivity contribution >= 4 is 5.97 Å². The molecule has 0 unspecified atom stereocenters. The maximum atomic E-state index is 11.1. The smallest absolute Gasteiger partial charge is 0.335 e. The Morgan fingerprint density at radius 1 is 1.22 bits per heavy atom. The van der Waals surface area contributed by atoms with Gasteiger partial charge < -0.3 is 19.3 Å². The Hall–Kier alpha value is -2.73. The highest BCUT2D eigenvalue weighted by Gasteiger charge is 2.29. The van der Waals surface area contributed by atoms with Crippen LogP contribution in [0.25, 0.3) is 0 Å². The molecule has 144 valence electrons. The van der Waals surface area contributed by atoms with Crippen LogP contribution in [0.2, 0.25) is 0 Å². The summed E-state index contributed by atoms with van der Waals surface area (Å²) in [4.78, 5) is 13.3. The van der Waals surface area contributed by atoms with Gasteiger partial charge in [0.05, 0.1) is 12.7 Å². The Bertz CT molecular complexity index is 818. The third-order valence-corrected chi connectivity index (χ3v) is 4.42. The largest absolute Gasteiger partial charge is 0.497 e. The fourth-order valence-electron chi connectivity index (χ4n) is 3.22. The molecule has 3 rings (SSSR count). The van der Waals surface area contributed by atoms with Gasteiger partial charge in [0.15, 0.2) is 0 Å². The Labute approximate surface area is 159 Å². The number of carbonyl (C=O) groups is 1. The van der Waals surface area contributed by atoms with Gasteiger partial charge in [-0.25, -0.2) is 4.79 Å². The molecule has 0 spiro atoms. The van der Waals surface area contributed by atoms with Gasteiger partial charge in [-0.2, -0.15) is 0 Å². The SMILES string of the molecule is COc1ccc2c(c1)OC(C)(C)CN(CCOc1cccc(C(=O)O)c1)C2. The van der Waals surface area contributed by atoms with Crippen LogP contribution in [0.3, 0.4) is 0 Å². The summed E-state index contributed by atoms with van der Waals surface area (Å²) in [5, 5.41) is 9.07. The van der Waals surface area contributed by atoms with E-state index in [2.05, 4.69) is 18.7 Å². The molecule has 1 N–H and O–H groups in total. The minimum atomic E-state index is -0.959. The van der Waals surface area contributed by atoms with Gasteiger partial charge in [0.25, 0.3) is 0 Å². The molecule has 27 heavy (non-hydrogen) atoms. The molecule has 0 saturated carbocycles. The summed E-state index contributed by atoms with van der Waals surface area (Å²) in [5.74, 6) is 1.22. The molecule has 0 radical (unpaired) electrons. The minimum absolute atomic E-state index is 0.222. The number of methoxy groups -OCH3 is 1. The third kappa shape index (κ3) is 4.92. The van der Waals surface area contributed by atoms with Crippen molar-refractivity contribution in [3.8, 4) is 17.2 Å². The summed E-state index contributed by atoms with van der Waals surface area (Å²) in [7, 11) is 1.65. The van der Waals surface area contributed by atoms with E-state index in [-0.39, 0.29) is 11.2 Å². The molecule has 1 heterocycles. The average Bonchev–Trinajstić information content (AvgIpc) is 2.75. The van der Waals surface area contributed by atoms with Crippen LogP contribution >= 0.6 is 0 Å². The Morgan fingerprint density at radius 2 is 2.04 bits per heavy atom. The first kappa shape index (κ1) is 19.0. The van der Waals surface area contributed by atoms with Crippen LogP contribution in [0.15, 0.2) is 42.5 Å². The van der Waals surface area contributed by atoms with Crippen LogP contribution < -0.4 is 14.2 Å². The van der Waals surface area contributed by atoms with Crippen molar-refractivity contribution in [2.24, 2.45) is 0 Å². The molecule has 0 bridgehead atoms. The van der Waals surface area contributed by atoms with Crippen molar-refractivity contribution in [2.75, 3.05) is 26.8 Å². The first-order valence-corrected chi connectivity index (χ1v) is 8.91. The first-order valence-electron chi connectivity index (χ1n) is 8.91. The molecule has 0 aliphatic carbocycles. The zero-order chi connectivity index (χ0) is 19.4. The van der Waals surface area contributed by atoms with E-state index in [1.54, 1.807) is 31.4 Å². The minimum Gasteiger partial charge on any atom is -0.497 e. The van der Waals surface area contributed by atoms with Crippen molar-refractivity contribution in [2.45, 2.75) is 26.0 Å². The number of aromatic carboxylic acids is 1. The Morgan fingerprint density at radius 3 is 2.78 bits per heavy atom. The lowest BCUT2D eigenvalue weighted by atomic mass is 10.1. The Kier molecular flexibility index (Phi) is 5.56. The summed E-state index contributed by atoms with van der Waals surface area (Å²) < 4.78 is 17.3. The van der Waals surface area contributed by atoms with E-state index in [1.165, 1.54) is 0 Å². The standard InChI is InChI=1S/C21H25NO5/c1-21(2)14-22(13-16-7-8-17(25-3)12-19(16)27-21)9-10-26-18-6-4-5-15(11-18)20(23)24/h4-8,11-12H,9-10,13-14H2,1-3H3,(H,23,24). The lowest BCUT2D eigenvalue weighted by molar-refractivity contribution is 0.0650. The maximum absolute atomic E-state index is 11.1. The van der Waals surface area contributed by atoms with Gasteiger partial charge in [0.1, 0.15) is 29.5 Å². The van der Waals surface area contributed by atoms with Crippen LogP contribution in [-0.2, 0) is 6.54 Å². The number of nitrogens with zero attached hydrogens (tertiary/aromatic N) is 1. The van der Waals surface area contributed by atoms with Gasteiger partial charge in [-0.1, -0.05) is 12.1 Å².